The first kappa shape index (κ1) is 18.1. The number of rotatable bonds is 5. The van der Waals surface area contributed by atoms with Crippen molar-refractivity contribution >= 4 is 16.9 Å². The second-order valence-electron chi connectivity index (χ2n) is 6.48. The van der Waals surface area contributed by atoms with Gasteiger partial charge in [0, 0.05) is 23.3 Å². The average molecular weight is 384 g/mol. The van der Waals surface area contributed by atoms with Crippen LogP contribution in [0.15, 0.2) is 72.9 Å². The number of fused-ring (bicyclic) bond motifs is 1. The largest absolute Gasteiger partial charge is 0.507 e. The van der Waals surface area contributed by atoms with Crippen LogP contribution in [0.4, 0.5) is 0 Å². The van der Waals surface area contributed by atoms with Crippen molar-refractivity contribution in [3.05, 3.63) is 89.6 Å². The number of carboxylic acid groups (broad SMARTS) is 1. The highest BCUT2D eigenvalue weighted by Gasteiger charge is 2.14. The number of hydrogen-bond acceptors (Lipinski definition) is 4. The standard InChI is InChI=1S/C23H16N2O4/c24-12-16-13-25(17-6-8-19(23(27)28)22(26)10-17)21-9-7-18(11-20(16)21)29-14-15-4-2-1-3-5-15/h1-11,13,26H,14H2,(H,27,28). The minimum Gasteiger partial charge on any atom is -0.507 e. The van der Waals surface area contributed by atoms with Crippen LogP contribution in [0.25, 0.3) is 16.6 Å². The molecule has 0 spiro atoms. The van der Waals surface area contributed by atoms with Crippen LogP contribution in [-0.2, 0) is 6.61 Å². The molecule has 0 saturated heterocycles. The van der Waals surface area contributed by atoms with Gasteiger partial charge in [-0.25, -0.2) is 4.79 Å². The van der Waals surface area contributed by atoms with Crippen molar-refractivity contribution in [3.8, 4) is 23.3 Å². The van der Waals surface area contributed by atoms with Gasteiger partial charge in [-0.15, -0.1) is 0 Å². The zero-order valence-corrected chi connectivity index (χ0v) is 15.2. The average Bonchev–Trinajstić information content (AvgIpc) is 3.10. The Bertz CT molecular complexity index is 1250. The van der Waals surface area contributed by atoms with Crippen molar-refractivity contribution in [2.45, 2.75) is 6.61 Å². The molecule has 1 heterocycles. The van der Waals surface area contributed by atoms with Gasteiger partial charge in [0.25, 0.3) is 0 Å². The number of ether oxygens (including phenoxy) is 1. The molecule has 0 bridgehead atoms. The van der Waals surface area contributed by atoms with Crippen molar-refractivity contribution in [3.63, 3.8) is 0 Å². The summed E-state index contributed by atoms with van der Waals surface area (Å²) < 4.78 is 7.59. The Kier molecular flexibility index (Phi) is 4.63. The third kappa shape index (κ3) is 3.49. The lowest BCUT2D eigenvalue weighted by Crippen LogP contribution is -1.99. The lowest BCUT2D eigenvalue weighted by Gasteiger charge is -2.09. The summed E-state index contributed by atoms with van der Waals surface area (Å²) in [6.45, 7) is 0.416. The maximum atomic E-state index is 11.1. The minimum atomic E-state index is -1.20. The molecule has 6 nitrogen and oxygen atoms in total. The number of nitrogens with zero attached hydrogens (tertiary/aromatic N) is 2. The first-order valence-corrected chi connectivity index (χ1v) is 8.85. The van der Waals surface area contributed by atoms with Gasteiger partial charge >= 0.3 is 5.97 Å². The van der Waals surface area contributed by atoms with Gasteiger partial charge < -0.3 is 19.5 Å². The summed E-state index contributed by atoms with van der Waals surface area (Å²) in [5, 5.41) is 29.3. The van der Waals surface area contributed by atoms with Crippen LogP contribution in [0, 0.1) is 11.3 Å². The molecule has 4 aromatic rings. The van der Waals surface area contributed by atoms with Gasteiger partial charge in [0.1, 0.15) is 29.7 Å². The Balaban J connectivity index is 1.71. The van der Waals surface area contributed by atoms with Crippen molar-refractivity contribution < 1.29 is 19.7 Å². The number of aromatic nitrogens is 1. The molecule has 0 saturated carbocycles. The highest BCUT2D eigenvalue weighted by atomic mass is 16.5. The maximum Gasteiger partial charge on any atom is 0.339 e. The molecule has 4 rings (SSSR count). The van der Waals surface area contributed by atoms with E-state index in [1.54, 1.807) is 22.9 Å². The predicted molar refractivity (Wildman–Crippen MR) is 107 cm³/mol. The normalized spacial score (nSPS) is 10.6. The Morgan fingerprint density at radius 2 is 1.86 bits per heavy atom. The monoisotopic (exact) mass is 384 g/mol. The number of benzene rings is 3. The quantitative estimate of drug-likeness (QED) is 0.529. The smallest absolute Gasteiger partial charge is 0.339 e. The number of carboxylic acids is 1. The Labute approximate surface area is 166 Å². The Hall–Kier alpha value is -4.24. The molecule has 142 valence electrons. The van der Waals surface area contributed by atoms with Gasteiger partial charge in [-0.1, -0.05) is 30.3 Å². The highest BCUT2D eigenvalue weighted by Crippen LogP contribution is 2.30. The molecule has 0 amide bonds. The first-order chi connectivity index (χ1) is 14.1. The van der Waals surface area contributed by atoms with E-state index >= 15 is 0 Å². The van der Waals surface area contributed by atoms with E-state index in [1.807, 2.05) is 42.5 Å². The minimum absolute atomic E-state index is 0.178. The van der Waals surface area contributed by atoms with Gasteiger partial charge in [0.2, 0.25) is 0 Å². The zero-order valence-electron chi connectivity index (χ0n) is 15.2. The van der Waals surface area contributed by atoms with E-state index in [1.165, 1.54) is 12.1 Å². The predicted octanol–water partition coefficient (Wildman–Crippen LogP) is 4.48. The van der Waals surface area contributed by atoms with Crippen LogP contribution in [-0.4, -0.2) is 20.7 Å². The molecular formula is C23H16N2O4. The van der Waals surface area contributed by atoms with Crippen LogP contribution in [0.1, 0.15) is 21.5 Å². The number of hydrogen-bond donors (Lipinski definition) is 2. The topological polar surface area (TPSA) is 95.5 Å². The van der Waals surface area contributed by atoms with Crippen LogP contribution in [0.3, 0.4) is 0 Å². The second-order valence-corrected chi connectivity index (χ2v) is 6.48. The molecule has 1 aromatic heterocycles. The summed E-state index contributed by atoms with van der Waals surface area (Å²) in [4.78, 5) is 11.1. The molecule has 0 radical (unpaired) electrons. The van der Waals surface area contributed by atoms with E-state index in [0.29, 0.717) is 29.0 Å². The third-order valence-corrected chi connectivity index (χ3v) is 4.63. The van der Waals surface area contributed by atoms with Crippen molar-refractivity contribution in [2.75, 3.05) is 0 Å². The van der Waals surface area contributed by atoms with Crippen molar-refractivity contribution in [1.82, 2.24) is 4.57 Å². The molecule has 0 atom stereocenters. The van der Waals surface area contributed by atoms with E-state index < -0.39 is 5.97 Å². The number of carbonyl (C=O) groups is 1. The Morgan fingerprint density at radius 3 is 2.55 bits per heavy atom. The molecule has 0 aliphatic carbocycles. The van der Waals surface area contributed by atoms with Gasteiger partial charge in [-0.2, -0.15) is 5.26 Å². The highest BCUT2D eigenvalue weighted by molar-refractivity contribution is 5.92. The number of phenols is 1. The molecule has 0 fully saturated rings. The molecule has 0 aliphatic heterocycles. The molecular weight excluding hydrogens is 368 g/mol. The number of nitriles is 1. The molecule has 0 aliphatic rings. The molecule has 6 heteroatoms. The van der Waals surface area contributed by atoms with Gasteiger partial charge in [0.15, 0.2) is 0 Å². The van der Waals surface area contributed by atoms with Gasteiger partial charge in [-0.3, -0.25) is 0 Å². The molecule has 2 N–H and O–H groups in total. The lowest BCUT2D eigenvalue weighted by atomic mass is 10.1. The number of aromatic carboxylic acids is 1. The first-order valence-electron chi connectivity index (χ1n) is 8.85. The van der Waals surface area contributed by atoms with E-state index in [0.717, 1.165) is 11.1 Å². The molecule has 3 aromatic carbocycles. The number of aromatic hydroxyl groups is 1. The van der Waals surface area contributed by atoms with Gasteiger partial charge in [0.05, 0.1) is 11.1 Å². The summed E-state index contributed by atoms with van der Waals surface area (Å²) >= 11 is 0. The van der Waals surface area contributed by atoms with E-state index in [4.69, 9.17) is 9.84 Å². The van der Waals surface area contributed by atoms with Gasteiger partial charge in [-0.05, 0) is 35.9 Å². The van der Waals surface area contributed by atoms with E-state index in [2.05, 4.69) is 6.07 Å². The van der Waals surface area contributed by atoms with Crippen LogP contribution in [0.5, 0.6) is 11.5 Å². The summed E-state index contributed by atoms with van der Waals surface area (Å²) in [6, 6.07) is 21.7. The van der Waals surface area contributed by atoms with Crippen molar-refractivity contribution in [1.29, 1.82) is 5.26 Å². The fraction of sp³-hybridized carbons (Fsp3) is 0.0435. The fourth-order valence-corrected chi connectivity index (χ4v) is 3.19. The fourth-order valence-electron chi connectivity index (χ4n) is 3.19. The SMILES string of the molecule is N#Cc1cn(-c2ccc(C(=O)O)c(O)c2)c2ccc(OCc3ccccc3)cc12. The van der Waals surface area contributed by atoms with E-state index in [9.17, 15) is 15.2 Å². The van der Waals surface area contributed by atoms with Crippen molar-refractivity contribution in [2.24, 2.45) is 0 Å². The van der Waals surface area contributed by atoms with E-state index in [-0.39, 0.29) is 11.3 Å². The maximum absolute atomic E-state index is 11.1. The van der Waals surface area contributed by atoms with Crippen LogP contribution in [0.2, 0.25) is 0 Å². The summed E-state index contributed by atoms with van der Waals surface area (Å²) in [6.07, 6.45) is 1.65. The second kappa shape index (κ2) is 7.41. The summed E-state index contributed by atoms with van der Waals surface area (Å²) in [5.74, 6) is -0.901. The molecule has 0 unspecified atom stereocenters. The molecule has 29 heavy (non-hydrogen) atoms. The summed E-state index contributed by atoms with van der Waals surface area (Å²) in [7, 11) is 0. The van der Waals surface area contributed by atoms with Crippen LogP contribution < -0.4 is 4.74 Å². The zero-order chi connectivity index (χ0) is 20.4. The summed E-state index contributed by atoms with van der Waals surface area (Å²) in [5.41, 5.74) is 2.61. The lowest BCUT2D eigenvalue weighted by molar-refractivity contribution is 0.0693. The van der Waals surface area contributed by atoms with Crippen LogP contribution >= 0.6 is 0 Å². The Morgan fingerprint density at radius 1 is 1.07 bits per heavy atom. The third-order valence-electron chi connectivity index (χ3n) is 4.63.